The minimum absolute atomic E-state index is 0.198. The van der Waals surface area contributed by atoms with Crippen molar-refractivity contribution >= 4 is 5.97 Å². The van der Waals surface area contributed by atoms with Gasteiger partial charge in [-0.05, 0) is 44.9 Å². The van der Waals surface area contributed by atoms with E-state index in [1.165, 1.54) is 0 Å². The van der Waals surface area contributed by atoms with Crippen LogP contribution >= 0.6 is 0 Å². The molecular weight excluding hydrogens is 266 g/mol. The average Bonchev–Trinajstić information content (AvgIpc) is 2.45. The maximum atomic E-state index is 11.9. The number of carbonyl (C=O) groups excluding carboxylic acids is 1. The molecule has 0 saturated carbocycles. The van der Waals surface area contributed by atoms with E-state index in [1.54, 1.807) is 0 Å². The molecule has 4 nitrogen and oxygen atoms in total. The highest BCUT2D eigenvalue weighted by Crippen LogP contribution is 2.22. The van der Waals surface area contributed by atoms with Gasteiger partial charge in [0.25, 0.3) is 0 Å². The largest absolute Gasteiger partial charge is 0.493 e. The summed E-state index contributed by atoms with van der Waals surface area (Å²) in [5.74, 6) is 0.714. The number of nitrogens with one attached hydrogen (secondary N) is 1. The van der Waals surface area contributed by atoms with Gasteiger partial charge in [0, 0.05) is 6.42 Å². The van der Waals surface area contributed by atoms with Crippen molar-refractivity contribution < 1.29 is 14.3 Å². The van der Waals surface area contributed by atoms with E-state index < -0.39 is 0 Å². The smallest absolute Gasteiger partial charge is 0.323 e. The molecule has 0 fully saturated rings. The summed E-state index contributed by atoms with van der Waals surface area (Å²) in [6.45, 7) is 9.64. The highest BCUT2D eigenvalue weighted by Gasteiger charge is 2.19. The summed E-state index contributed by atoms with van der Waals surface area (Å²) in [6, 6.07) is 5.78. The fourth-order valence-electron chi connectivity index (χ4n) is 2.17. The number of benzene rings is 1. The molecule has 0 aliphatic carbocycles. The highest BCUT2D eigenvalue weighted by atomic mass is 16.5. The molecular formula is C17H27NO3. The van der Waals surface area contributed by atoms with E-state index in [1.807, 2.05) is 39.0 Å². The summed E-state index contributed by atoms with van der Waals surface area (Å²) in [6.07, 6.45) is 1.58. The second kappa shape index (κ2) is 9.40. The predicted molar refractivity (Wildman–Crippen MR) is 84.7 cm³/mol. The van der Waals surface area contributed by atoms with Crippen LogP contribution in [0.2, 0.25) is 0 Å². The lowest BCUT2D eigenvalue weighted by atomic mass is 10.1. The van der Waals surface area contributed by atoms with Crippen LogP contribution in [0.15, 0.2) is 18.2 Å². The summed E-state index contributed by atoms with van der Waals surface area (Å²) < 4.78 is 11.0. The lowest BCUT2D eigenvalue weighted by molar-refractivity contribution is -0.146. The quantitative estimate of drug-likeness (QED) is 0.711. The fraction of sp³-hybridized carbons (Fsp3) is 0.588. The van der Waals surface area contributed by atoms with Crippen LogP contribution in [0, 0.1) is 13.8 Å². The van der Waals surface area contributed by atoms with Crippen LogP contribution in [0.5, 0.6) is 5.75 Å². The third kappa shape index (κ3) is 5.76. The maximum absolute atomic E-state index is 11.9. The molecule has 1 atom stereocenters. The number of ether oxygens (including phenoxy) is 2. The fourth-order valence-corrected chi connectivity index (χ4v) is 2.17. The van der Waals surface area contributed by atoms with E-state index in [2.05, 4.69) is 12.2 Å². The zero-order valence-electron chi connectivity index (χ0n) is 13.6. The standard InChI is InChI=1S/C17H27NO3/c1-5-11-18-15(17(19)20-6-2)10-12-21-16-13(3)8-7-9-14(16)4/h7-9,15,18H,5-6,10-12H2,1-4H3. The Morgan fingerprint density at radius 3 is 2.48 bits per heavy atom. The lowest BCUT2D eigenvalue weighted by Crippen LogP contribution is -2.39. The van der Waals surface area contributed by atoms with Gasteiger partial charge in [-0.25, -0.2) is 0 Å². The van der Waals surface area contributed by atoms with Gasteiger partial charge in [0.05, 0.1) is 13.2 Å². The molecule has 0 bridgehead atoms. The first-order valence-electron chi connectivity index (χ1n) is 7.69. The van der Waals surface area contributed by atoms with E-state index in [0.717, 1.165) is 29.8 Å². The first-order valence-corrected chi connectivity index (χ1v) is 7.69. The molecule has 0 amide bonds. The van der Waals surface area contributed by atoms with E-state index in [-0.39, 0.29) is 12.0 Å². The SMILES string of the molecule is CCCNC(CCOc1c(C)cccc1C)C(=O)OCC. The molecule has 1 rings (SSSR count). The van der Waals surface area contributed by atoms with Gasteiger partial charge < -0.3 is 14.8 Å². The van der Waals surface area contributed by atoms with Gasteiger partial charge in [-0.2, -0.15) is 0 Å². The molecule has 0 spiro atoms. The van der Waals surface area contributed by atoms with Crippen molar-refractivity contribution in [3.05, 3.63) is 29.3 Å². The van der Waals surface area contributed by atoms with Gasteiger partial charge in [0.2, 0.25) is 0 Å². The van der Waals surface area contributed by atoms with Gasteiger partial charge in [-0.3, -0.25) is 4.79 Å². The normalized spacial score (nSPS) is 12.0. The van der Waals surface area contributed by atoms with Crippen molar-refractivity contribution in [2.24, 2.45) is 0 Å². The maximum Gasteiger partial charge on any atom is 0.323 e. The monoisotopic (exact) mass is 293 g/mol. The van der Waals surface area contributed by atoms with Crippen LogP contribution in [0.25, 0.3) is 0 Å². The summed E-state index contributed by atoms with van der Waals surface area (Å²) in [7, 11) is 0. The average molecular weight is 293 g/mol. The molecule has 118 valence electrons. The van der Waals surface area contributed by atoms with Gasteiger partial charge in [-0.15, -0.1) is 0 Å². The molecule has 0 heterocycles. The third-order valence-corrected chi connectivity index (χ3v) is 3.27. The Balaban J connectivity index is 2.54. The number of hydrogen-bond acceptors (Lipinski definition) is 4. The number of aryl methyl sites for hydroxylation is 2. The van der Waals surface area contributed by atoms with Crippen molar-refractivity contribution in [2.75, 3.05) is 19.8 Å². The van der Waals surface area contributed by atoms with Crippen LogP contribution in [-0.4, -0.2) is 31.8 Å². The number of esters is 1. The van der Waals surface area contributed by atoms with Crippen LogP contribution in [0.4, 0.5) is 0 Å². The van der Waals surface area contributed by atoms with Gasteiger partial charge >= 0.3 is 5.97 Å². The molecule has 0 aliphatic heterocycles. The van der Waals surface area contributed by atoms with Crippen LogP contribution in [-0.2, 0) is 9.53 Å². The molecule has 0 aromatic heterocycles. The van der Waals surface area contributed by atoms with Crippen molar-refractivity contribution in [3.8, 4) is 5.75 Å². The van der Waals surface area contributed by atoms with E-state index in [4.69, 9.17) is 9.47 Å². The number of rotatable bonds is 9. The van der Waals surface area contributed by atoms with Gasteiger partial charge in [0.1, 0.15) is 11.8 Å². The van der Waals surface area contributed by atoms with Crippen LogP contribution in [0.1, 0.15) is 37.8 Å². The molecule has 1 aromatic carbocycles. The summed E-state index contributed by atoms with van der Waals surface area (Å²) in [4.78, 5) is 11.9. The van der Waals surface area contributed by atoms with Crippen molar-refractivity contribution in [2.45, 2.75) is 46.6 Å². The minimum Gasteiger partial charge on any atom is -0.493 e. The molecule has 1 unspecified atom stereocenters. The number of para-hydroxylation sites is 1. The van der Waals surface area contributed by atoms with Crippen LogP contribution < -0.4 is 10.1 Å². The Labute approximate surface area is 127 Å². The summed E-state index contributed by atoms with van der Waals surface area (Å²) in [5.41, 5.74) is 2.23. The van der Waals surface area contributed by atoms with E-state index >= 15 is 0 Å². The zero-order valence-corrected chi connectivity index (χ0v) is 13.6. The predicted octanol–water partition coefficient (Wildman–Crippen LogP) is 3.00. The third-order valence-electron chi connectivity index (χ3n) is 3.27. The summed E-state index contributed by atoms with van der Waals surface area (Å²) in [5, 5.41) is 3.21. The Kier molecular flexibility index (Phi) is 7.83. The van der Waals surface area contributed by atoms with Crippen molar-refractivity contribution in [1.29, 1.82) is 0 Å². The summed E-state index contributed by atoms with van der Waals surface area (Å²) >= 11 is 0. The highest BCUT2D eigenvalue weighted by molar-refractivity contribution is 5.75. The molecule has 1 N–H and O–H groups in total. The van der Waals surface area contributed by atoms with Crippen molar-refractivity contribution in [1.82, 2.24) is 5.32 Å². The zero-order chi connectivity index (χ0) is 15.7. The number of carbonyl (C=O) groups is 1. The van der Waals surface area contributed by atoms with E-state index in [9.17, 15) is 4.79 Å². The topological polar surface area (TPSA) is 47.6 Å². The molecule has 0 aliphatic rings. The Morgan fingerprint density at radius 2 is 1.90 bits per heavy atom. The minimum atomic E-state index is -0.297. The second-order valence-electron chi connectivity index (χ2n) is 5.12. The van der Waals surface area contributed by atoms with Crippen molar-refractivity contribution in [3.63, 3.8) is 0 Å². The first kappa shape index (κ1) is 17.5. The second-order valence-corrected chi connectivity index (χ2v) is 5.12. The Bertz CT molecular complexity index is 425. The van der Waals surface area contributed by atoms with Gasteiger partial charge in [0.15, 0.2) is 0 Å². The molecule has 21 heavy (non-hydrogen) atoms. The van der Waals surface area contributed by atoms with E-state index in [0.29, 0.717) is 19.6 Å². The molecule has 0 saturated heterocycles. The lowest BCUT2D eigenvalue weighted by Gasteiger charge is -2.18. The first-order chi connectivity index (χ1) is 10.1. The Hall–Kier alpha value is -1.55. The molecule has 4 heteroatoms. The number of hydrogen-bond donors (Lipinski definition) is 1. The molecule has 0 radical (unpaired) electrons. The van der Waals surface area contributed by atoms with Gasteiger partial charge in [-0.1, -0.05) is 25.1 Å². The molecule has 1 aromatic rings. The Morgan fingerprint density at radius 1 is 1.24 bits per heavy atom. The van der Waals surface area contributed by atoms with Crippen LogP contribution in [0.3, 0.4) is 0 Å².